The van der Waals surface area contributed by atoms with Gasteiger partial charge in [-0.05, 0) is 48.0 Å². The second-order valence-electron chi connectivity index (χ2n) is 8.36. The molecule has 0 radical (unpaired) electrons. The monoisotopic (exact) mass is 513 g/mol. The quantitative estimate of drug-likeness (QED) is 0.214. The number of nitriles is 1. The molecule has 0 saturated heterocycles. The zero-order chi connectivity index (χ0) is 26.2. The van der Waals surface area contributed by atoms with Gasteiger partial charge in [-0.3, -0.25) is 4.79 Å². The lowest BCUT2D eigenvalue weighted by Gasteiger charge is -2.13. The van der Waals surface area contributed by atoms with Crippen LogP contribution in [0.15, 0.2) is 126 Å². The predicted molar refractivity (Wildman–Crippen MR) is 152 cm³/mol. The molecule has 0 aliphatic carbocycles. The fraction of sp³-hybridized carbons (Fsp3) is 0.0312. The van der Waals surface area contributed by atoms with E-state index >= 15 is 0 Å². The van der Waals surface area contributed by atoms with Crippen LogP contribution in [0.5, 0.6) is 11.5 Å². The normalized spacial score (nSPS) is 10.4. The second kappa shape index (κ2) is 11.9. The maximum atomic E-state index is 12.8. The first kappa shape index (κ1) is 24.8. The van der Waals surface area contributed by atoms with Gasteiger partial charge in [0.05, 0.1) is 17.0 Å². The number of nitrogens with one attached hydrogen (secondary N) is 1. The van der Waals surface area contributed by atoms with E-state index in [-0.39, 0.29) is 11.7 Å². The first-order valence-electron chi connectivity index (χ1n) is 12.0. The minimum atomic E-state index is -0.191. The molecule has 38 heavy (non-hydrogen) atoms. The van der Waals surface area contributed by atoms with E-state index in [1.54, 1.807) is 24.3 Å². The smallest absolute Gasteiger partial charge is 0.234 e. The Balaban J connectivity index is 1.33. The van der Waals surface area contributed by atoms with Gasteiger partial charge < -0.3 is 10.1 Å². The van der Waals surface area contributed by atoms with Gasteiger partial charge in [0, 0.05) is 16.8 Å². The van der Waals surface area contributed by atoms with E-state index in [0.717, 1.165) is 28.1 Å². The third-order valence-corrected chi connectivity index (χ3v) is 6.68. The summed E-state index contributed by atoms with van der Waals surface area (Å²) in [6, 6.07) is 40.5. The molecule has 0 aliphatic rings. The molecule has 184 valence electrons. The van der Waals surface area contributed by atoms with Gasteiger partial charge in [-0.15, -0.1) is 0 Å². The largest absolute Gasteiger partial charge is 0.457 e. The summed E-state index contributed by atoms with van der Waals surface area (Å²) in [5, 5.41) is 13.5. The molecule has 0 bridgehead atoms. The summed E-state index contributed by atoms with van der Waals surface area (Å²) in [5.41, 5.74) is 4.52. The zero-order valence-corrected chi connectivity index (χ0v) is 21.2. The zero-order valence-electron chi connectivity index (χ0n) is 20.4. The number of hydrogen-bond donors (Lipinski definition) is 1. The maximum absolute atomic E-state index is 12.8. The standard InChI is InChI=1S/C32H23N3O2S/c33-21-29-28(23-10-4-1-5-11-23)20-30(24-12-6-2-7-13-24)35-32(29)38-22-31(36)34-25-16-18-27(19-17-25)37-26-14-8-3-9-15-26/h1-20H,22H2,(H,34,36). The average Bonchev–Trinajstić information content (AvgIpc) is 2.98. The number of para-hydroxylation sites is 1. The van der Waals surface area contributed by atoms with Gasteiger partial charge in [-0.25, -0.2) is 4.98 Å². The van der Waals surface area contributed by atoms with Crippen molar-refractivity contribution in [2.45, 2.75) is 5.03 Å². The summed E-state index contributed by atoms with van der Waals surface area (Å²) in [4.78, 5) is 17.6. The molecule has 6 heteroatoms. The first-order valence-corrected chi connectivity index (χ1v) is 13.0. The molecule has 5 rings (SSSR count). The Bertz CT molecular complexity index is 1570. The van der Waals surface area contributed by atoms with E-state index in [0.29, 0.717) is 22.0 Å². The molecule has 1 amide bonds. The Morgan fingerprint density at radius 1 is 0.789 bits per heavy atom. The Labute approximate surface area is 225 Å². The van der Waals surface area contributed by atoms with Gasteiger partial charge in [0.25, 0.3) is 0 Å². The van der Waals surface area contributed by atoms with Crippen LogP contribution in [-0.2, 0) is 4.79 Å². The van der Waals surface area contributed by atoms with Crippen LogP contribution >= 0.6 is 11.8 Å². The van der Waals surface area contributed by atoms with Crippen LogP contribution in [0, 0.1) is 11.3 Å². The third kappa shape index (κ3) is 6.09. The van der Waals surface area contributed by atoms with E-state index in [2.05, 4.69) is 11.4 Å². The fourth-order valence-corrected chi connectivity index (χ4v) is 4.70. The highest BCUT2D eigenvalue weighted by Gasteiger charge is 2.17. The highest BCUT2D eigenvalue weighted by Crippen LogP contribution is 2.34. The summed E-state index contributed by atoms with van der Waals surface area (Å²) in [7, 11) is 0. The summed E-state index contributed by atoms with van der Waals surface area (Å²) in [6.07, 6.45) is 0. The SMILES string of the molecule is N#Cc1c(-c2ccccc2)cc(-c2ccccc2)nc1SCC(=O)Nc1ccc(Oc2ccccc2)cc1. The number of benzene rings is 4. The number of ether oxygens (including phenoxy) is 1. The minimum absolute atomic E-state index is 0.108. The molecule has 0 aliphatic heterocycles. The number of amides is 1. The molecule has 1 heterocycles. The lowest BCUT2D eigenvalue weighted by atomic mass is 9.99. The van der Waals surface area contributed by atoms with Crippen molar-refractivity contribution in [1.29, 1.82) is 5.26 Å². The second-order valence-corrected chi connectivity index (χ2v) is 9.32. The molecule has 5 aromatic rings. The summed E-state index contributed by atoms with van der Waals surface area (Å²) in [5.74, 6) is 1.34. The molecule has 0 fully saturated rings. The fourth-order valence-electron chi connectivity index (χ4n) is 3.90. The lowest BCUT2D eigenvalue weighted by molar-refractivity contribution is -0.113. The number of anilines is 1. The van der Waals surface area contributed by atoms with E-state index in [4.69, 9.17) is 9.72 Å². The Hall–Kier alpha value is -4.86. The van der Waals surface area contributed by atoms with Crippen molar-refractivity contribution in [3.63, 3.8) is 0 Å². The number of nitrogens with zero attached hydrogens (tertiary/aromatic N) is 2. The molecule has 1 aromatic heterocycles. The summed E-state index contributed by atoms with van der Waals surface area (Å²) >= 11 is 1.25. The van der Waals surface area contributed by atoms with Crippen molar-refractivity contribution in [2.24, 2.45) is 0 Å². The molecule has 0 saturated carbocycles. The number of thioether (sulfide) groups is 1. The molecule has 0 unspecified atom stereocenters. The van der Waals surface area contributed by atoms with Crippen LogP contribution < -0.4 is 10.1 Å². The van der Waals surface area contributed by atoms with Crippen LogP contribution in [0.4, 0.5) is 5.69 Å². The minimum Gasteiger partial charge on any atom is -0.457 e. The van der Waals surface area contributed by atoms with Crippen LogP contribution in [0.2, 0.25) is 0 Å². The highest BCUT2D eigenvalue weighted by molar-refractivity contribution is 8.00. The topological polar surface area (TPSA) is 75.0 Å². The van der Waals surface area contributed by atoms with Crippen LogP contribution in [-0.4, -0.2) is 16.6 Å². The highest BCUT2D eigenvalue weighted by atomic mass is 32.2. The van der Waals surface area contributed by atoms with Crippen LogP contribution in [0.1, 0.15) is 5.56 Å². The third-order valence-electron chi connectivity index (χ3n) is 5.71. The molecule has 4 aromatic carbocycles. The molecular weight excluding hydrogens is 490 g/mol. The van der Waals surface area contributed by atoms with Gasteiger partial charge in [-0.2, -0.15) is 5.26 Å². The number of pyridine rings is 1. The number of aromatic nitrogens is 1. The van der Waals surface area contributed by atoms with Gasteiger partial charge in [0.15, 0.2) is 0 Å². The van der Waals surface area contributed by atoms with Gasteiger partial charge in [0.2, 0.25) is 5.91 Å². The first-order chi connectivity index (χ1) is 18.7. The van der Waals surface area contributed by atoms with Crippen molar-refractivity contribution in [3.8, 4) is 40.0 Å². The number of hydrogen-bond acceptors (Lipinski definition) is 5. The van der Waals surface area contributed by atoms with Gasteiger partial charge >= 0.3 is 0 Å². The van der Waals surface area contributed by atoms with E-state index in [1.807, 2.05) is 97.1 Å². The molecule has 0 spiro atoms. The van der Waals surface area contributed by atoms with Crippen molar-refractivity contribution in [2.75, 3.05) is 11.1 Å². The van der Waals surface area contributed by atoms with E-state index in [1.165, 1.54) is 11.8 Å². The predicted octanol–water partition coefficient (Wildman–Crippen LogP) is 7.81. The Morgan fingerprint density at radius 2 is 1.37 bits per heavy atom. The molecular formula is C32H23N3O2S. The summed E-state index contributed by atoms with van der Waals surface area (Å²) in [6.45, 7) is 0. The van der Waals surface area contributed by atoms with E-state index in [9.17, 15) is 10.1 Å². The van der Waals surface area contributed by atoms with Crippen LogP contribution in [0.3, 0.4) is 0 Å². The number of rotatable bonds is 8. The Kier molecular flexibility index (Phi) is 7.78. The number of carbonyl (C=O) groups is 1. The maximum Gasteiger partial charge on any atom is 0.234 e. The Morgan fingerprint density at radius 3 is 2.00 bits per heavy atom. The lowest BCUT2D eigenvalue weighted by Crippen LogP contribution is -2.14. The van der Waals surface area contributed by atoms with Crippen LogP contribution in [0.25, 0.3) is 22.4 Å². The number of carbonyl (C=O) groups excluding carboxylic acids is 1. The van der Waals surface area contributed by atoms with Gasteiger partial charge in [0.1, 0.15) is 22.6 Å². The van der Waals surface area contributed by atoms with Crippen molar-refractivity contribution >= 4 is 23.4 Å². The molecule has 0 atom stereocenters. The summed E-state index contributed by atoms with van der Waals surface area (Å²) < 4.78 is 5.81. The average molecular weight is 514 g/mol. The molecule has 1 N–H and O–H groups in total. The van der Waals surface area contributed by atoms with Gasteiger partial charge in [-0.1, -0.05) is 90.6 Å². The van der Waals surface area contributed by atoms with Crippen molar-refractivity contribution in [3.05, 3.63) is 127 Å². The van der Waals surface area contributed by atoms with Crippen molar-refractivity contribution in [1.82, 2.24) is 4.98 Å². The molecule has 5 nitrogen and oxygen atoms in total. The van der Waals surface area contributed by atoms with E-state index < -0.39 is 0 Å². The van der Waals surface area contributed by atoms with Crippen molar-refractivity contribution < 1.29 is 9.53 Å².